The molecule has 0 saturated heterocycles. The van der Waals surface area contributed by atoms with Crippen LogP contribution in [0, 0.1) is 5.41 Å². The first kappa shape index (κ1) is 67.4. The Hall–Kier alpha value is -6.52. The molecule has 11 heteroatoms. The number of hydrogen-bond donors (Lipinski definition) is 8. The fraction of sp³-hybridized carbons (Fsp3) is 0.299. The summed E-state index contributed by atoms with van der Waals surface area (Å²) in [5.74, 6) is 0. The van der Waals surface area contributed by atoms with E-state index in [1.54, 1.807) is 0 Å². The van der Waals surface area contributed by atoms with Gasteiger partial charge in [-0.25, -0.2) is 4.31 Å². The van der Waals surface area contributed by atoms with Crippen molar-refractivity contribution >= 4 is 17.2 Å². The van der Waals surface area contributed by atoms with Crippen LogP contribution >= 0.6 is 17.2 Å². The molecule has 88 heavy (non-hydrogen) atoms. The molecule has 0 aliphatic rings. The lowest BCUT2D eigenvalue weighted by atomic mass is 9.58. The van der Waals surface area contributed by atoms with Crippen molar-refractivity contribution in [1.82, 2.24) is 0 Å². The van der Waals surface area contributed by atoms with E-state index in [0.717, 1.165) is 66.8 Å². The Morgan fingerprint density at radius 2 is 0.534 bits per heavy atom. The van der Waals surface area contributed by atoms with E-state index in [2.05, 4.69) is 269 Å². The first-order chi connectivity index (χ1) is 41.5. The van der Waals surface area contributed by atoms with Crippen LogP contribution in [-0.4, -0.2) is 53.2 Å². The van der Waals surface area contributed by atoms with Gasteiger partial charge < -0.3 is 40.0 Å². The van der Waals surface area contributed by atoms with Crippen molar-refractivity contribution in [1.29, 1.82) is 0 Å². The molecule has 0 amide bonds. The summed E-state index contributed by atoms with van der Waals surface area (Å²) in [6.45, 7) is 25.2. The zero-order valence-electron chi connectivity index (χ0n) is 52.9. The fourth-order valence-electron chi connectivity index (χ4n) is 13.3. The number of hydrogen-bond acceptors (Lipinski definition) is 9. The zero-order chi connectivity index (χ0) is 64.1. The quantitative estimate of drug-likeness (QED) is 0.0326. The molecule has 1 unspecified atom stereocenters. The molecule has 9 nitrogen and oxygen atoms in total. The van der Waals surface area contributed by atoms with Crippen LogP contribution in [0.15, 0.2) is 237 Å². The summed E-state index contributed by atoms with van der Waals surface area (Å²) < 4.78 is 3.60. The molecule has 0 heterocycles. The van der Waals surface area contributed by atoms with Gasteiger partial charge in [0.2, 0.25) is 0 Å². The highest BCUT2D eigenvalue weighted by atomic mass is 31.2. The molecule has 0 radical (unpaired) electrons. The van der Waals surface area contributed by atoms with Crippen molar-refractivity contribution in [3.8, 4) is 0 Å². The van der Waals surface area contributed by atoms with E-state index < -0.39 is 80.0 Å². The number of rotatable bonds is 21. The van der Waals surface area contributed by atoms with E-state index in [9.17, 15) is 15.3 Å². The minimum atomic E-state index is -2.61. The van der Waals surface area contributed by atoms with E-state index in [1.165, 1.54) is 0 Å². The van der Waals surface area contributed by atoms with Crippen molar-refractivity contribution in [2.24, 2.45) is 5.41 Å². The molecule has 1 atom stereocenters. The average Bonchev–Trinajstić information content (AvgIpc) is 0.837. The molecule has 460 valence electrons. The van der Waals surface area contributed by atoms with E-state index in [0.29, 0.717) is 16.7 Å². The molecule has 9 aromatic carbocycles. The highest BCUT2D eigenvalue weighted by Crippen LogP contribution is 2.56. The van der Waals surface area contributed by atoms with E-state index >= 15 is 5.11 Å². The first-order valence-corrected chi connectivity index (χ1v) is 32.3. The lowest BCUT2D eigenvalue weighted by Gasteiger charge is -2.50. The van der Waals surface area contributed by atoms with Crippen LogP contribution in [0.2, 0.25) is 0 Å². The van der Waals surface area contributed by atoms with Crippen LogP contribution in [0.1, 0.15) is 173 Å². The van der Waals surface area contributed by atoms with Gasteiger partial charge in [-0.2, -0.15) is 0 Å². The third kappa shape index (κ3) is 13.1. The van der Waals surface area contributed by atoms with E-state index in [1.807, 2.05) is 54.6 Å². The standard InChI is InChI=1S/C77H84O4.H4O5P2/c1-70(2,55-31-19-13-20-32-55)63-46-43-54(49-66(63)73(7,8)58-37-25-16-26-38-58)69(80)76(52-78,53-79)77(81,61-44-47-64(71(3,4)56-33-21-14-22-34-56)67(50-61)74(9,10)59-39-27-17-28-40-59)62-45-48-65(72(5,6)57-35-23-15-24-36-57)68(51-62)75(11,12)60-41-29-18-30-42-60;1-6(2)5-7(3)4/h13-51,69,78-81H,52-53H2,1-12H3;1-4H. The number of aliphatic hydroxyl groups excluding tert-OH is 3. The van der Waals surface area contributed by atoms with Gasteiger partial charge in [-0.3, -0.25) is 0 Å². The molecule has 9 aromatic rings. The number of aliphatic hydroxyl groups is 4. The highest BCUT2D eigenvalue weighted by molar-refractivity contribution is 7.53. The molecule has 0 spiro atoms. The molecule has 0 fully saturated rings. The predicted molar refractivity (Wildman–Crippen MR) is 359 cm³/mol. The van der Waals surface area contributed by atoms with Crippen LogP contribution in [-0.2, 0) is 42.4 Å². The predicted octanol–water partition coefficient (Wildman–Crippen LogP) is 16.0. The minimum absolute atomic E-state index is 0.432. The summed E-state index contributed by atoms with van der Waals surface area (Å²) in [4.78, 5) is 31.3. The summed E-state index contributed by atoms with van der Waals surface area (Å²) in [5, 5.41) is 54.2. The van der Waals surface area contributed by atoms with Gasteiger partial charge in [0.05, 0.1) is 24.7 Å². The Labute approximate surface area is 524 Å². The van der Waals surface area contributed by atoms with Gasteiger partial charge in [-0.15, -0.1) is 0 Å². The summed E-state index contributed by atoms with van der Waals surface area (Å²) in [7, 11) is -5.22. The molecular formula is C77H88O9P2. The van der Waals surface area contributed by atoms with Gasteiger partial charge in [0.15, 0.2) is 0 Å². The summed E-state index contributed by atoms with van der Waals surface area (Å²) >= 11 is 0. The topological polar surface area (TPSA) is 171 Å². The summed E-state index contributed by atoms with van der Waals surface area (Å²) in [6, 6.07) is 81.3. The molecule has 0 aliphatic heterocycles. The second kappa shape index (κ2) is 26.9. The van der Waals surface area contributed by atoms with Crippen molar-refractivity contribution < 1.29 is 44.3 Å². The Kier molecular flexibility index (Phi) is 20.6. The lowest BCUT2D eigenvalue weighted by Crippen LogP contribution is -2.55. The average molecular weight is 1220 g/mol. The van der Waals surface area contributed by atoms with Crippen LogP contribution < -0.4 is 0 Å². The summed E-state index contributed by atoms with van der Waals surface area (Å²) in [6.07, 6.45) is -1.63. The van der Waals surface area contributed by atoms with Crippen LogP contribution in [0.3, 0.4) is 0 Å². The minimum Gasteiger partial charge on any atom is -0.395 e. The van der Waals surface area contributed by atoms with Crippen LogP contribution in [0.4, 0.5) is 0 Å². The van der Waals surface area contributed by atoms with Gasteiger partial charge in [0, 0.05) is 32.5 Å². The Bertz CT molecular complexity index is 3560. The Morgan fingerprint density at radius 1 is 0.307 bits per heavy atom. The van der Waals surface area contributed by atoms with Crippen molar-refractivity contribution in [3.05, 3.63) is 320 Å². The molecule has 0 aliphatic carbocycles. The smallest absolute Gasteiger partial charge is 0.334 e. The molecule has 0 bridgehead atoms. The fourth-order valence-corrected chi connectivity index (χ4v) is 13.8. The highest BCUT2D eigenvalue weighted by Gasteiger charge is 2.58. The van der Waals surface area contributed by atoms with Gasteiger partial charge in [0.25, 0.3) is 0 Å². The second-order valence-corrected chi connectivity index (χ2v) is 28.1. The molecule has 9 rings (SSSR count). The summed E-state index contributed by atoms with van der Waals surface area (Å²) in [5.41, 5.74) is 6.34. The molecular weight excluding hydrogens is 1130 g/mol. The van der Waals surface area contributed by atoms with Gasteiger partial charge in [-0.05, 0) is 83.5 Å². The normalized spacial score (nSPS) is 13.3. The largest absolute Gasteiger partial charge is 0.395 e. The van der Waals surface area contributed by atoms with Crippen molar-refractivity contribution in [3.63, 3.8) is 0 Å². The SMILES string of the molecule is CC(C)(c1ccccc1)c1ccc(C(O)C(CO)(CO)C(O)(c2ccc(C(C)(C)c3ccccc3)c(C(C)(C)c3ccccc3)c2)c2ccc(C(C)(C)c3ccccc3)c(C(C)(C)c3ccccc3)c2)cc1C(C)(C)c1ccccc1.OP(O)OP(O)O. The Balaban J connectivity index is 0.00000135. The van der Waals surface area contributed by atoms with Crippen LogP contribution in [0.25, 0.3) is 0 Å². The first-order valence-electron chi connectivity index (χ1n) is 30.0. The maximum absolute atomic E-state index is 15.1. The van der Waals surface area contributed by atoms with Crippen molar-refractivity contribution in [2.75, 3.05) is 13.2 Å². The van der Waals surface area contributed by atoms with Crippen LogP contribution in [0.5, 0.6) is 0 Å². The third-order valence-electron chi connectivity index (χ3n) is 19.2. The number of benzene rings is 9. The maximum Gasteiger partial charge on any atom is 0.334 e. The van der Waals surface area contributed by atoms with Gasteiger partial charge in [0.1, 0.15) is 5.60 Å². The molecule has 8 N–H and O–H groups in total. The van der Waals surface area contributed by atoms with E-state index in [-0.39, 0.29) is 0 Å². The van der Waals surface area contributed by atoms with Crippen molar-refractivity contribution in [2.45, 2.75) is 127 Å². The van der Waals surface area contributed by atoms with Gasteiger partial charge in [-0.1, -0.05) is 320 Å². The second-order valence-electron chi connectivity index (χ2n) is 26.4. The lowest BCUT2D eigenvalue weighted by molar-refractivity contribution is -0.173. The van der Waals surface area contributed by atoms with Gasteiger partial charge >= 0.3 is 17.2 Å². The maximum atomic E-state index is 15.1. The zero-order valence-corrected chi connectivity index (χ0v) is 54.7. The monoisotopic (exact) mass is 1220 g/mol. The molecule has 0 aromatic heterocycles. The third-order valence-corrected chi connectivity index (χ3v) is 20.4. The van der Waals surface area contributed by atoms with E-state index in [4.69, 9.17) is 19.6 Å². The Morgan fingerprint density at radius 3 is 0.761 bits per heavy atom. The molecule has 0 saturated carbocycles.